The van der Waals surface area contributed by atoms with Crippen molar-refractivity contribution in [1.29, 1.82) is 0 Å². The predicted molar refractivity (Wildman–Crippen MR) is 132 cm³/mol. The fraction of sp³-hybridized carbons (Fsp3) is 0.240. The number of amides is 1. The summed E-state index contributed by atoms with van der Waals surface area (Å²) in [7, 11) is -3.66. The van der Waals surface area contributed by atoms with Gasteiger partial charge in [0.15, 0.2) is 0 Å². The highest BCUT2D eigenvalue weighted by Gasteiger charge is 2.32. The van der Waals surface area contributed by atoms with Gasteiger partial charge in [0, 0.05) is 48.5 Å². The third kappa shape index (κ3) is 4.81. The molecular weight excluding hydrogens is 466 g/mol. The highest BCUT2D eigenvalue weighted by Crippen LogP contribution is 2.23. The number of hydrogen-bond acceptors (Lipinski definition) is 6. The Morgan fingerprint density at radius 2 is 1.71 bits per heavy atom. The van der Waals surface area contributed by atoms with E-state index in [1.54, 1.807) is 18.3 Å². The summed E-state index contributed by atoms with van der Waals surface area (Å²) in [6, 6.07) is 15.2. The normalized spacial score (nSPS) is 19.0. The van der Waals surface area contributed by atoms with Gasteiger partial charge in [-0.15, -0.1) is 0 Å². The van der Waals surface area contributed by atoms with E-state index in [-0.39, 0.29) is 23.0 Å². The molecule has 2 unspecified atom stereocenters. The molecule has 0 spiro atoms. The van der Waals surface area contributed by atoms with E-state index in [4.69, 9.17) is 4.74 Å². The quantitative estimate of drug-likeness (QED) is 0.458. The molecule has 4 aromatic rings. The average Bonchev–Trinajstić information content (AvgIpc) is 3.28. The lowest BCUT2D eigenvalue weighted by molar-refractivity contribution is -0.0440. The van der Waals surface area contributed by atoms with Crippen LogP contribution in [0.5, 0.6) is 0 Å². The van der Waals surface area contributed by atoms with E-state index >= 15 is 0 Å². The Labute approximate surface area is 203 Å². The number of anilines is 1. The number of carbonyl (C=O) groups is 1. The number of morpholine rings is 1. The summed E-state index contributed by atoms with van der Waals surface area (Å²) >= 11 is 0. The van der Waals surface area contributed by atoms with Crippen LogP contribution in [0.2, 0.25) is 0 Å². The van der Waals surface area contributed by atoms with Gasteiger partial charge in [-0.3, -0.25) is 9.20 Å². The molecule has 1 fully saturated rings. The van der Waals surface area contributed by atoms with Gasteiger partial charge >= 0.3 is 0 Å². The lowest BCUT2D eigenvalue weighted by atomic mass is 10.1. The third-order valence-electron chi connectivity index (χ3n) is 5.81. The minimum Gasteiger partial charge on any atom is -0.373 e. The van der Waals surface area contributed by atoms with Gasteiger partial charge in [0.25, 0.3) is 5.91 Å². The lowest BCUT2D eigenvalue weighted by Crippen LogP contribution is -2.48. The first-order valence-corrected chi connectivity index (χ1v) is 12.7. The van der Waals surface area contributed by atoms with Gasteiger partial charge in [0.1, 0.15) is 0 Å². The van der Waals surface area contributed by atoms with E-state index in [2.05, 4.69) is 15.3 Å². The number of hydrogen-bond donors (Lipinski definition) is 1. The zero-order chi connectivity index (χ0) is 24.6. The highest BCUT2D eigenvalue weighted by molar-refractivity contribution is 7.89. The smallest absolute Gasteiger partial charge is 0.255 e. The van der Waals surface area contributed by atoms with Gasteiger partial charge in [-0.05, 0) is 56.3 Å². The van der Waals surface area contributed by atoms with Gasteiger partial charge in [-0.25, -0.2) is 18.4 Å². The Balaban J connectivity index is 1.27. The van der Waals surface area contributed by atoms with Crippen molar-refractivity contribution in [2.75, 3.05) is 18.4 Å². The number of carbonyl (C=O) groups excluding carboxylic acids is 1. The number of imidazole rings is 1. The molecule has 1 amide bonds. The number of benzene rings is 2. The molecule has 2 aromatic heterocycles. The standard InChI is InChI=1S/C25H25N5O4S/c1-17-14-30(15-18(2)34-17)35(32,33)22-10-6-20(7-11-22)24(31)27-21-8-4-19(5-9-21)23-16-29-13-3-12-26-25(29)28-23/h3-13,16-18H,14-15H2,1-2H3,(H,27,31). The molecule has 1 aliphatic heterocycles. The minimum atomic E-state index is -3.66. The van der Waals surface area contributed by atoms with Crippen LogP contribution in [0.3, 0.4) is 0 Å². The molecule has 2 atom stereocenters. The van der Waals surface area contributed by atoms with E-state index < -0.39 is 10.0 Å². The van der Waals surface area contributed by atoms with Crippen LogP contribution in [0.4, 0.5) is 5.69 Å². The Morgan fingerprint density at radius 1 is 1.03 bits per heavy atom. The molecule has 0 radical (unpaired) electrons. The van der Waals surface area contributed by atoms with Gasteiger partial charge in [0.2, 0.25) is 15.8 Å². The van der Waals surface area contributed by atoms with Gasteiger partial charge in [-0.2, -0.15) is 4.31 Å². The fourth-order valence-corrected chi connectivity index (χ4v) is 5.74. The molecular formula is C25H25N5O4S. The van der Waals surface area contributed by atoms with Crippen molar-refractivity contribution < 1.29 is 17.9 Å². The molecule has 1 N–H and O–H groups in total. The monoisotopic (exact) mass is 491 g/mol. The molecule has 0 bridgehead atoms. The second-order valence-electron chi connectivity index (χ2n) is 8.59. The maximum atomic E-state index is 13.0. The van der Waals surface area contributed by atoms with Crippen LogP contribution < -0.4 is 5.32 Å². The predicted octanol–water partition coefficient (Wildman–Crippen LogP) is 3.45. The van der Waals surface area contributed by atoms with Gasteiger partial charge in [-0.1, -0.05) is 12.1 Å². The molecule has 2 aromatic carbocycles. The summed E-state index contributed by atoms with van der Waals surface area (Å²) in [5.74, 6) is 0.287. The number of rotatable bonds is 5. The highest BCUT2D eigenvalue weighted by atomic mass is 32.2. The number of nitrogens with zero attached hydrogens (tertiary/aromatic N) is 4. The third-order valence-corrected chi connectivity index (χ3v) is 7.66. The molecule has 5 rings (SSSR count). The van der Waals surface area contributed by atoms with Crippen molar-refractivity contribution in [3.63, 3.8) is 0 Å². The number of nitrogens with one attached hydrogen (secondary N) is 1. The van der Waals surface area contributed by atoms with Gasteiger partial charge in [0.05, 0.1) is 22.8 Å². The number of ether oxygens (including phenoxy) is 1. The Morgan fingerprint density at radius 3 is 2.37 bits per heavy atom. The molecule has 180 valence electrons. The summed E-state index contributed by atoms with van der Waals surface area (Å²) in [6.07, 6.45) is 5.12. The zero-order valence-corrected chi connectivity index (χ0v) is 20.1. The van der Waals surface area contributed by atoms with Crippen molar-refractivity contribution in [2.24, 2.45) is 0 Å². The molecule has 1 saturated heterocycles. The molecule has 35 heavy (non-hydrogen) atoms. The van der Waals surface area contributed by atoms with E-state index in [1.165, 1.54) is 28.6 Å². The summed E-state index contributed by atoms with van der Waals surface area (Å²) in [5.41, 5.74) is 2.66. The summed E-state index contributed by atoms with van der Waals surface area (Å²) in [6.45, 7) is 4.31. The molecule has 0 saturated carbocycles. The zero-order valence-electron chi connectivity index (χ0n) is 19.3. The maximum absolute atomic E-state index is 13.0. The van der Waals surface area contributed by atoms with Crippen LogP contribution in [0, 0.1) is 0 Å². The summed E-state index contributed by atoms with van der Waals surface area (Å²) in [5, 5.41) is 2.84. The Kier molecular flexibility index (Phi) is 6.10. The molecule has 1 aliphatic rings. The van der Waals surface area contributed by atoms with Gasteiger partial charge < -0.3 is 10.1 Å². The van der Waals surface area contributed by atoms with Crippen molar-refractivity contribution >= 4 is 27.4 Å². The summed E-state index contributed by atoms with van der Waals surface area (Å²) < 4.78 is 34.9. The molecule has 9 nitrogen and oxygen atoms in total. The van der Waals surface area contributed by atoms with E-state index in [0.717, 1.165) is 11.3 Å². The number of sulfonamides is 1. The van der Waals surface area contributed by atoms with Crippen LogP contribution in [0.25, 0.3) is 17.0 Å². The lowest BCUT2D eigenvalue weighted by Gasteiger charge is -2.34. The Bertz CT molecular complexity index is 1420. The molecule has 3 heterocycles. The van der Waals surface area contributed by atoms with Crippen molar-refractivity contribution in [2.45, 2.75) is 31.0 Å². The van der Waals surface area contributed by atoms with Crippen molar-refractivity contribution in [3.8, 4) is 11.3 Å². The fourth-order valence-electron chi connectivity index (χ4n) is 4.15. The largest absolute Gasteiger partial charge is 0.373 e. The first-order chi connectivity index (χ1) is 16.8. The minimum absolute atomic E-state index is 0.154. The second kappa shape index (κ2) is 9.21. The first-order valence-electron chi connectivity index (χ1n) is 11.3. The second-order valence-corrected chi connectivity index (χ2v) is 10.5. The maximum Gasteiger partial charge on any atom is 0.255 e. The Hall–Kier alpha value is -3.60. The SMILES string of the molecule is CC1CN(S(=O)(=O)c2ccc(C(=O)Nc3ccc(-c4cn5cccnc5n4)cc3)cc2)CC(C)O1. The summed E-state index contributed by atoms with van der Waals surface area (Å²) in [4.78, 5) is 21.6. The van der Waals surface area contributed by atoms with Crippen LogP contribution >= 0.6 is 0 Å². The van der Waals surface area contributed by atoms with E-state index in [0.29, 0.717) is 30.1 Å². The molecule has 10 heteroatoms. The van der Waals surface area contributed by atoms with Crippen LogP contribution in [-0.2, 0) is 14.8 Å². The molecule has 0 aliphatic carbocycles. The number of aromatic nitrogens is 3. The van der Waals surface area contributed by atoms with E-state index in [1.807, 2.05) is 48.8 Å². The van der Waals surface area contributed by atoms with Crippen LogP contribution in [-0.4, -0.2) is 58.3 Å². The van der Waals surface area contributed by atoms with Crippen LogP contribution in [0.15, 0.2) is 78.1 Å². The van der Waals surface area contributed by atoms with E-state index in [9.17, 15) is 13.2 Å². The number of fused-ring (bicyclic) bond motifs is 1. The van der Waals surface area contributed by atoms with Crippen molar-refractivity contribution in [3.05, 3.63) is 78.8 Å². The first kappa shape index (κ1) is 23.2. The topological polar surface area (TPSA) is 106 Å². The van der Waals surface area contributed by atoms with Crippen molar-refractivity contribution in [1.82, 2.24) is 18.7 Å². The van der Waals surface area contributed by atoms with Crippen LogP contribution in [0.1, 0.15) is 24.2 Å². The average molecular weight is 492 g/mol.